The summed E-state index contributed by atoms with van der Waals surface area (Å²) in [7, 11) is 0. The molecule has 1 amide bonds. The number of hydrogen-bond donors (Lipinski definition) is 1. The molecule has 0 radical (unpaired) electrons. The molecule has 9 nitrogen and oxygen atoms in total. The van der Waals surface area contributed by atoms with Crippen molar-refractivity contribution in [3.63, 3.8) is 0 Å². The number of nitro groups is 1. The Labute approximate surface area is 102 Å². The number of aryl methyl sites for hydroxylation is 1. The number of esters is 1. The highest BCUT2D eigenvalue weighted by atomic mass is 16.6. The van der Waals surface area contributed by atoms with Gasteiger partial charge >= 0.3 is 11.7 Å². The molecule has 18 heavy (non-hydrogen) atoms. The Hall–Kier alpha value is -2.45. The van der Waals surface area contributed by atoms with Gasteiger partial charge in [-0.3, -0.25) is 24.4 Å². The summed E-state index contributed by atoms with van der Waals surface area (Å²) in [6.07, 6.45) is 0. The Bertz CT molecular complexity index is 507. The Morgan fingerprint density at radius 3 is 2.56 bits per heavy atom. The van der Waals surface area contributed by atoms with Crippen molar-refractivity contribution in [1.29, 1.82) is 0 Å². The molecule has 1 aromatic heterocycles. The van der Waals surface area contributed by atoms with Gasteiger partial charge in [0.25, 0.3) is 5.91 Å². The van der Waals surface area contributed by atoms with Crippen molar-refractivity contribution >= 4 is 17.6 Å². The number of nitrogens with zero attached hydrogens (tertiary/aromatic N) is 3. The van der Waals surface area contributed by atoms with Gasteiger partial charge in [-0.05, 0) is 13.8 Å². The van der Waals surface area contributed by atoms with Gasteiger partial charge in [-0.1, -0.05) is 0 Å². The molecule has 1 heterocycles. The number of hydrogen-bond acceptors (Lipinski definition) is 6. The van der Waals surface area contributed by atoms with Crippen molar-refractivity contribution in [1.82, 2.24) is 9.78 Å². The lowest BCUT2D eigenvalue weighted by Crippen LogP contribution is -2.23. The lowest BCUT2D eigenvalue weighted by Gasteiger charge is -2.03. The summed E-state index contributed by atoms with van der Waals surface area (Å²) in [5, 5.41) is 14.6. The second kappa shape index (κ2) is 5.25. The topological polar surface area (TPSA) is 130 Å². The Morgan fingerprint density at radius 1 is 1.50 bits per heavy atom. The van der Waals surface area contributed by atoms with E-state index in [2.05, 4.69) is 9.84 Å². The van der Waals surface area contributed by atoms with Crippen molar-refractivity contribution in [3.05, 3.63) is 21.5 Å². The van der Waals surface area contributed by atoms with Crippen molar-refractivity contribution in [2.75, 3.05) is 6.61 Å². The van der Waals surface area contributed by atoms with Crippen LogP contribution < -0.4 is 5.73 Å². The summed E-state index contributed by atoms with van der Waals surface area (Å²) >= 11 is 0. The highest BCUT2D eigenvalue weighted by molar-refractivity contribution is 5.78. The number of amides is 1. The molecule has 9 heteroatoms. The molecule has 1 aromatic rings. The fourth-order valence-electron chi connectivity index (χ4n) is 1.43. The van der Waals surface area contributed by atoms with Gasteiger partial charge in [0.2, 0.25) is 0 Å². The maximum Gasteiger partial charge on any atom is 0.328 e. The molecular formula is C9H12N4O5. The quantitative estimate of drug-likeness (QED) is 0.426. The summed E-state index contributed by atoms with van der Waals surface area (Å²) in [5.41, 5.74) is 5.12. The molecule has 2 N–H and O–H groups in total. The molecule has 0 saturated heterocycles. The van der Waals surface area contributed by atoms with Crippen LogP contribution in [0.1, 0.15) is 11.4 Å². The third kappa shape index (κ3) is 3.03. The second-order valence-electron chi connectivity index (χ2n) is 3.56. The second-order valence-corrected chi connectivity index (χ2v) is 3.56. The third-order valence-electron chi connectivity index (χ3n) is 2.18. The molecule has 0 bridgehead atoms. The Balaban J connectivity index is 2.80. The maximum atomic E-state index is 11.3. The molecule has 0 saturated carbocycles. The first-order chi connectivity index (χ1) is 8.32. The fourth-order valence-corrected chi connectivity index (χ4v) is 1.43. The van der Waals surface area contributed by atoms with E-state index in [-0.39, 0.29) is 23.6 Å². The van der Waals surface area contributed by atoms with Crippen molar-refractivity contribution < 1.29 is 19.2 Å². The van der Waals surface area contributed by atoms with Gasteiger partial charge in [0.15, 0.2) is 6.61 Å². The number of carbonyl (C=O) groups excluding carboxylic acids is 2. The normalized spacial score (nSPS) is 10.1. The number of nitrogens with two attached hydrogens (primary N) is 1. The van der Waals surface area contributed by atoms with Crippen LogP contribution in [0.3, 0.4) is 0 Å². The number of aromatic nitrogens is 2. The Kier molecular flexibility index (Phi) is 3.97. The van der Waals surface area contributed by atoms with E-state index in [1.165, 1.54) is 13.8 Å². The van der Waals surface area contributed by atoms with Gasteiger partial charge < -0.3 is 10.5 Å². The first kappa shape index (κ1) is 13.6. The third-order valence-corrected chi connectivity index (χ3v) is 2.18. The summed E-state index contributed by atoms with van der Waals surface area (Å²) in [6, 6.07) is 0. The van der Waals surface area contributed by atoms with Crippen LogP contribution in [-0.4, -0.2) is 33.2 Å². The average molecular weight is 256 g/mol. The van der Waals surface area contributed by atoms with Crippen molar-refractivity contribution in [3.8, 4) is 0 Å². The smallest absolute Gasteiger partial charge is 0.328 e. The predicted octanol–water partition coefficient (Wildman–Crippen LogP) is -0.563. The van der Waals surface area contributed by atoms with E-state index in [1.807, 2.05) is 0 Å². The van der Waals surface area contributed by atoms with Crippen LogP contribution in [0.15, 0.2) is 0 Å². The van der Waals surface area contributed by atoms with Gasteiger partial charge in [0.05, 0.1) is 4.92 Å². The minimum Gasteiger partial charge on any atom is -0.454 e. The molecule has 0 fully saturated rings. The van der Waals surface area contributed by atoms with Gasteiger partial charge in [0.1, 0.15) is 17.9 Å². The lowest BCUT2D eigenvalue weighted by molar-refractivity contribution is -0.386. The number of carbonyl (C=O) groups is 2. The molecule has 98 valence electrons. The molecule has 0 aliphatic heterocycles. The van der Waals surface area contributed by atoms with Crippen molar-refractivity contribution in [2.24, 2.45) is 5.73 Å². The molecule has 0 aromatic carbocycles. The molecule has 0 spiro atoms. The first-order valence-corrected chi connectivity index (χ1v) is 4.95. The maximum absolute atomic E-state index is 11.3. The van der Waals surface area contributed by atoms with Crippen LogP contribution in [0.4, 0.5) is 5.69 Å². The van der Waals surface area contributed by atoms with Gasteiger partial charge in [-0.15, -0.1) is 0 Å². The van der Waals surface area contributed by atoms with Gasteiger partial charge in [-0.25, -0.2) is 0 Å². The number of ether oxygens (including phenoxy) is 1. The molecule has 0 aliphatic carbocycles. The predicted molar refractivity (Wildman–Crippen MR) is 58.5 cm³/mol. The number of rotatable bonds is 5. The molecule has 0 atom stereocenters. The summed E-state index contributed by atoms with van der Waals surface area (Å²) in [4.78, 5) is 31.9. The largest absolute Gasteiger partial charge is 0.454 e. The van der Waals surface area contributed by atoms with Crippen LogP contribution in [0.2, 0.25) is 0 Å². The van der Waals surface area contributed by atoms with E-state index in [9.17, 15) is 19.7 Å². The lowest BCUT2D eigenvalue weighted by atomic mass is 10.3. The van der Waals surface area contributed by atoms with E-state index in [0.29, 0.717) is 0 Å². The van der Waals surface area contributed by atoms with Crippen molar-refractivity contribution in [2.45, 2.75) is 20.4 Å². The molecule has 0 aliphatic rings. The Morgan fingerprint density at radius 2 is 2.11 bits per heavy atom. The van der Waals surface area contributed by atoms with Crippen LogP contribution in [0, 0.1) is 24.0 Å². The van der Waals surface area contributed by atoms with E-state index in [1.54, 1.807) is 0 Å². The molecular weight excluding hydrogens is 244 g/mol. The van der Waals surface area contributed by atoms with E-state index in [0.717, 1.165) is 4.68 Å². The fraction of sp³-hybridized carbons (Fsp3) is 0.444. The zero-order chi connectivity index (χ0) is 13.9. The molecule has 1 rings (SSSR count). The monoisotopic (exact) mass is 256 g/mol. The first-order valence-electron chi connectivity index (χ1n) is 4.95. The summed E-state index contributed by atoms with van der Waals surface area (Å²) < 4.78 is 5.68. The standard InChI is InChI=1S/C9H12N4O5/c1-5-9(13(16)17)6(2)12(11-5)3-8(15)18-4-7(10)14/h3-4H2,1-2H3,(H2,10,14). The van der Waals surface area contributed by atoms with Gasteiger partial charge in [0, 0.05) is 0 Å². The minimum atomic E-state index is -0.775. The van der Waals surface area contributed by atoms with Crippen LogP contribution in [0.5, 0.6) is 0 Å². The van der Waals surface area contributed by atoms with Crippen LogP contribution in [-0.2, 0) is 20.9 Å². The SMILES string of the molecule is Cc1nn(CC(=O)OCC(N)=O)c(C)c1[N+](=O)[O-]. The summed E-state index contributed by atoms with van der Waals surface area (Å²) in [6.45, 7) is 2.10. The van der Waals surface area contributed by atoms with E-state index >= 15 is 0 Å². The van der Waals surface area contributed by atoms with Gasteiger partial charge in [-0.2, -0.15) is 5.10 Å². The zero-order valence-corrected chi connectivity index (χ0v) is 9.87. The van der Waals surface area contributed by atoms with Crippen LogP contribution in [0.25, 0.3) is 0 Å². The average Bonchev–Trinajstić information content (AvgIpc) is 2.51. The van der Waals surface area contributed by atoms with E-state index in [4.69, 9.17) is 5.73 Å². The van der Waals surface area contributed by atoms with E-state index < -0.39 is 23.4 Å². The van der Waals surface area contributed by atoms with Crippen LogP contribution >= 0.6 is 0 Å². The highest BCUT2D eigenvalue weighted by Crippen LogP contribution is 2.21. The summed E-state index contributed by atoms with van der Waals surface area (Å²) in [5.74, 6) is -1.52. The number of primary amides is 1. The zero-order valence-electron chi connectivity index (χ0n) is 9.87. The molecule has 0 unspecified atom stereocenters. The highest BCUT2D eigenvalue weighted by Gasteiger charge is 2.23. The minimum absolute atomic E-state index is 0.141.